The first-order valence-corrected chi connectivity index (χ1v) is 14.7. The minimum Gasteiger partial charge on any atom is -0.327 e. The van der Waals surface area contributed by atoms with Gasteiger partial charge in [-0.05, 0) is 12.8 Å². The van der Waals surface area contributed by atoms with E-state index in [1.54, 1.807) is 0 Å². The third-order valence-corrected chi connectivity index (χ3v) is 6.81. The Balaban J connectivity index is 2.05. The summed E-state index contributed by atoms with van der Waals surface area (Å²) in [5, 5.41) is 0. The minimum absolute atomic E-state index is 0.00617. The molecule has 1 fully saturated rings. The van der Waals surface area contributed by atoms with Crippen LogP contribution in [0.5, 0.6) is 0 Å². The molecule has 4 heteroatoms. The summed E-state index contributed by atoms with van der Waals surface area (Å²) in [4.78, 5) is 11.6. The van der Waals surface area contributed by atoms with Crippen LogP contribution in [-0.2, 0) is 19.0 Å². The molecule has 1 aliphatic rings. The number of carbonyl (C=O) groups is 1. The van der Waals surface area contributed by atoms with E-state index in [-0.39, 0.29) is 19.0 Å². The van der Waals surface area contributed by atoms with Crippen molar-refractivity contribution in [2.75, 3.05) is 19.8 Å². The Morgan fingerprint density at radius 1 is 0.576 bits per heavy atom. The van der Waals surface area contributed by atoms with E-state index in [4.69, 9.17) is 14.2 Å². The summed E-state index contributed by atoms with van der Waals surface area (Å²) in [6.45, 7) is 5.43. The van der Waals surface area contributed by atoms with Gasteiger partial charge < -0.3 is 14.2 Å². The zero-order valence-electron chi connectivity index (χ0n) is 22.3. The summed E-state index contributed by atoms with van der Waals surface area (Å²) in [6.07, 6.45) is 28.3. The largest absolute Gasteiger partial charge is 0.327 e. The van der Waals surface area contributed by atoms with Crippen molar-refractivity contribution in [1.82, 2.24) is 0 Å². The zero-order valence-corrected chi connectivity index (χ0v) is 22.3. The highest BCUT2D eigenvalue weighted by molar-refractivity contribution is 5.81. The van der Waals surface area contributed by atoms with Crippen LogP contribution >= 0.6 is 0 Å². The van der Waals surface area contributed by atoms with Crippen molar-refractivity contribution >= 4 is 5.78 Å². The summed E-state index contributed by atoms with van der Waals surface area (Å²) < 4.78 is 17.6. The Morgan fingerprint density at radius 3 is 1.36 bits per heavy atom. The number of hydrogen-bond acceptors (Lipinski definition) is 4. The first kappa shape index (κ1) is 30.6. The summed E-state index contributed by atoms with van der Waals surface area (Å²) in [5.74, 6) is -0.973. The number of Topliss-reactive ketones (excluding diaryl/α,β-unsaturated/α-hetero) is 1. The highest BCUT2D eigenvalue weighted by Crippen LogP contribution is 2.27. The van der Waals surface area contributed by atoms with E-state index in [1.165, 1.54) is 122 Å². The van der Waals surface area contributed by atoms with Crippen LogP contribution in [0.4, 0.5) is 0 Å². The number of ether oxygens (including phenoxy) is 3. The van der Waals surface area contributed by atoms with Crippen molar-refractivity contribution in [2.45, 2.75) is 161 Å². The molecule has 0 aromatic rings. The van der Waals surface area contributed by atoms with Crippen molar-refractivity contribution in [2.24, 2.45) is 0 Å². The van der Waals surface area contributed by atoms with Crippen LogP contribution in [0.25, 0.3) is 0 Å². The predicted molar refractivity (Wildman–Crippen MR) is 139 cm³/mol. The average Bonchev–Trinajstić information content (AvgIpc) is 2.83. The van der Waals surface area contributed by atoms with Crippen LogP contribution in [0.2, 0.25) is 0 Å². The molecular weight excluding hydrogens is 412 g/mol. The van der Waals surface area contributed by atoms with Gasteiger partial charge in [-0.3, -0.25) is 4.79 Å². The van der Waals surface area contributed by atoms with Gasteiger partial charge in [-0.25, -0.2) is 0 Å². The summed E-state index contributed by atoms with van der Waals surface area (Å²) in [6, 6.07) is 0. The maximum absolute atomic E-state index is 11.6. The normalized spacial score (nSPS) is 15.9. The maximum Gasteiger partial charge on any atom is 0.283 e. The molecule has 0 unspecified atom stereocenters. The average molecular weight is 469 g/mol. The number of ketones is 1. The van der Waals surface area contributed by atoms with Gasteiger partial charge in [0.05, 0.1) is 6.61 Å². The van der Waals surface area contributed by atoms with Gasteiger partial charge in [0.25, 0.3) is 5.97 Å². The van der Waals surface area contributed by atoms with Crippen LogP contribution in [-0.4, -0.2) is 31.6 Å². The van der Waals surface area contributed by atoms with Gasteiger partial charge in [0, 0.05) is 6.42 Å². The molecule has 196 valence electrons. The van der Waals surface area contributed by atoms with Gasteiger partial charge in [-0.2, -0.15) is 0 Å². The van der Waals surface area contributed by atoms with E-state index < -0.39 is 5.97 Å². The van der Waals surface area contributed by atoms with Gasteiger partial charge >= 0.3 is 0 Å². The van der Waals surface area contributed by atoms with E-state index in [9.17, 15) is 4.79 Å². The highest BCUT2D eigenvalue weighted by atomic mass is 16.9. The molecule has 33 heavy (non-hydrogen) atoms. The first-order chi connectivity index (χ1) is 16.2. The molecule has 0 amide bonds. The zero-order chi connectivity index (χ0) is 23.9. The maximum atomic E-state index is 11.6. The van der Waals surface area contributed by atoms with Crippen molar-refractivity contribution in [3.05, 3.63) is 0 Å². The summed E-state index contributed by atoms with van der Waals surface area (Å²) in [7, 11) is 0. The van der Waals surface area contributed by atoms with Crippen LogP contribution in [0, 0.1) is 0 Å². The molecule has 4 nitrogen and oxygen atoms in total. The quantitative estimate of drug-likeness (QED) is 0.133. The number of unbranched alkanes of at least 4 members (excludes halogenated alkanes) is 19. The lowest BCUT2D eigenvalue weighted by atomic mass is 10.0. The topological polar surface area (TPSA) is 44.8 Å². The molecule has 0 N–H and O–H groups in total. The second-order valence-corrected chi connectivity index (χ2v) is 10.1. The van der Waals surface area contributed by atoms with Crippen LogP contribution < -0.4 is 0 Å². The smallest absolute Gasteiger partial charge is 0.283 e. The Morgan fingerprint density at radius 2 is 0.939 bits per heavy atom. The van der Waals surface area contributed by atoms with Crippen molar-refractivity contribution in [3.63, 3.8) is 0 Å². The SMILES string of the molecule is CCCCCCCCCCCCCCCC1(OCCCCCCCCCC)OCC(=O)CO1. The third kappa shape index (κ3) is 17.6. The second-order valence-electron chi connectivity index (χ2n) is 10.1. The second kappa shape index (κ2) is 22.0. The first-order valence-electron chi connectivity index (χ1n) is 14.7. The lowest BCUT2D eigenvalue weighted by molar-refractivity contribution is -0.389. The Labute approximate surface area is 205 Å². The van der Waals surface area contributed by atoms with Crippen molar-refractivity contribution in [1.29, 1.82) is 0 Å². The standard InChI is InChI=1S/C29H56O4/c1-3-5-7-9-11-13-14-15-16-17-18-20-22-24-29(32-26-28(30)27-33-29)31-25-23-21-19-12-10-8-6-4-2/h3-27H2,1-2H3. The van der Waals surface area contributed by atoms with Gasteiger partial charge in [0.15, 0.2) is 5.78 Å². The molecular formula is C29H56O4. The fourth-order valence-electron chi connectivity index (χ4n) is 4.59. The molecule has 1 aliphatic heterocycles. The number of carbonyl (C=O) groups excluding carboxylic acids is 1. The van der Waals surface area contributed by atoms with Crippen LogP contribution in [0.1, 0.15) is 155 Å². The molecule has 1 heterocycles. The fraction of sp³-hybridized carbons (Fsp3) is 0.966. The molecule has 0 atom stereocenters. The molecule has 0 spiro atoms. The number of hydrogen-bond donors (Lipinski definition) is 0. The molecule has 0 radical (unpaired) electrons. The van der Waals surface area contributed by atoms with E-state index in [2.05, 4.69) is 13.8 Å². The molecule has 0 saturated carbocycles. The Hall–Kier alpha value is -0.450. The minimum atomic E-state index is -0.979. The predicted octanol–water partition coefficient (Wildman–Crippen LogP) is 8.89. The van der Waals surface area contributed by atoms with E-state index in [1.807, 2.05) is 0 Å². The van der Waals surface area contributed by atoms with Crippen molar-refractivity contribution < 1.29 is 19.0 Å². The Bertz CT molecular complexity index is 427. The molecule has 0 aromatic carbocycles. The van der Waals surface area contributed by atoms with Crippen LogP contribution in [0.15, 0.2) is 0 Å². The van der Waals surface area contributed by atoms with Gasteiger partial charge in [-0.1, -0.05) is 136 Å². The van der Waals surface area contributed by atoms with Crippen molar-refractivity contribution in [3.8, 4) is 0 Å². The van der Waals surface area contributed by atoms with Crippen LogP contribution in [0.3, 0.4) is 0 Å². The fourth-order valence-corrected chi connectivity index (χ4v) is 4.59. The molecule has 0 bridgehead atoms. The number of rotatable bonds is 24. The van der Waals surface area contributed by atoms with Gasteiger partial charge in [-0.15, -0.1) is 0 Å². The Kier molecular flexibility index (Phi) is 20.4. The highest BCUT2D eigenvalue weighted by Gasteiger charge is 2.37. The molecule has 0 aliphatic carbocycles. The lowest BCUT2D eigenvalue weighted by Crippen LogP contribution is -2.47. The lowest BCUT2D eigenvalue weighted by Gasteiger charge is -2.36. The van der Waals surface area contributed by atoms with Gasteiger partial charge in [0.2, 0.25) is 0 Å². The van der Waals surface area contributed by atoms with E-state index in [0.717, 1.165) is 19.3 Å². The van der Waals surface area contributed by atoms with Gasteiger partial charge in [0.1, 0.15) is 13.2 Å². The third-order valence-electron chi connectivity index (χ3n) is 6.81. The molecule has 0 aromatic heterocycles. The molecule has 1 saturated heterocycles. The molecule has 1 rings (SSSR count). The summed E-state index contributed by atoms with van der Waals surface area (Å²) >= 11 is 0. The summed E-state index contributed by atoms with van der Waals surface area (Å²) in [5.41, 5.74) is 0. The van der Waals surface area contributed by atoms with E-state index >= 15 is 0 Å². The van der Waals surface area contributed by atoms with E-state index in [0.29, 0.717) is 6.61 Å². The monoisotopic (exact) mass is 468 g/mol.